The second-order valence-electron chi connectivity index (χ2n) is 7.77. The van der Waals surface area contributed by atoms with E-state index in [2.05, 4.69) is 20.3 Å². The van der Waals surface area contributed by atoms with Crippen LogP contribution in [-0.4, -0.2) is 33.9 Å². The van der Waals surface area contributed by atoms with Gasteiger partial charge in [0.1, 0.15) is 16.3 Å². The molecule has 8 nitrogen and oxygen atoms in total. The summed E-state index contributed by atoms with van der Waals surface area (Å²) >= 11 is 1.40. The number of rotatable bonds is 4. The van der Waals surface area contributed by atoms with Crippen LogP contribution >= 0.6 is 11.3 Å². The van der Waals surface area contributed by atoms with Crippen molar-refractivity contribution in [1.82, 2.24) is 15.0 Å². The summed E-state index contributed by atoms with van der Waals surface area (Å²) < 4.78 is 11.8. The van der Waals surface area contributed by atoms with Crippen molar-refractivity contribution in [3.05, 3.63) is 70.7 Å². The number of aryl methyl sites for hydroxylation is 3. The lowest BCUT2D eigenvalue weighted by atomic mass is 10.1. The maximum absolute atomic E-state index is 13.2. The van der Waals surface area contributed by atoms with Crippen LogP contribution in [0.2, 0.25) is 0 Å². The molecule has 0 unspecified atom stereocenters. The number of nitrogens with one attached hydrogen (secondary N) is 1. The molecule has 0 aliphatic rings. The van der Waals surface area contributed by atoms with Crippen molar-refractivity contribution in [2.45, 2.75) is 20.8 Å². The number of ether oxygens (including phenoxy) is 1. The molecule has 0 fully saturated rings. The van der Waals surface area contributed by atoms with Crippen molar-refractivity contribution in [3.63, 3.8) is 0 Å². The second-order valence-corrected chi connectivity index (χ2v) is 8.80. The van der Waals surface area contributed by atoms with Gasteiger partial charge in [0.15, 0.2) is 0 Å². The number of fused-ring (bicyclic) bond motifs is 2. The smallest absolute Gasteiger partial charge is 0.342 e. The quantitative estimate of drug-likeness (QED) is 0.346. The highest BCUT2D eigenvalue weighted by atomic mass is 32.1. The van der Waals surface area contributed by atoms with Crippen LogP contribution in [0.4, 0.5) is 5.88 Å². The van der Waals surface area contributed by atoms with Crippen LogP contribution in [0.1, 0.15) is 37.9 Å². The van der Waals surface area contributed by atoms with Crippen LogP contribution in [0.25, 0.3) is 31.8 Å². The number of aromatic nitrogens is 3. The molecule has 9 heteroatoms. The number of anilines is 1. The molecule has 0 saturated heterocycles. The molecular formula is C25H20N4O4S. The van der Waals surface area contributed by atoms with E-state index in [1.54, 1.807) is 25.1 Å². The molecular weight excluding hydrogens is 452 g/mol. The first kappa shape index (κ1) is 21.7. The van der Waals surface area contributed by atoms with Crippen LogP contribution in [0.15, 0.2) is 46.9 Å². The van der Waals surface area contributed by atoms with Crippen molar-refractivity contribution in [2.75, 3.05) is 12.4 Å². The van der Waals surface area contributed by atoms with Gasteiger partial charge in [0.25, 0.3) is 5.91 Å². The third-order valence-corrected chi connectivity index (χ3v) is 6.60. The molecule has 1 N–H and O–H groups in total. The van der Waals surface area contributed by atoms with Gasteiger partial charge in [-0.1, -0.05) is 12.1 Å². The fourth-order valence-electron chi connectivity index (χ4n) is 3.71. The largest absolute Gasteiger partial charge is 0.465 e. The number of benzene rings is 2. The molecule has 0 atom stereocenters. The Hall–Kier alpha value is -4.11. The van der Waals surface area contributed by atoms with Gasteiger partial charge in [-0.3, -0.25) is 10.1 Å². The third-order valence-electron chi connectivity index (χ3n) is 5.55. The molecule has 5 aromatic rings. The van der Waals surface area contributed by atoms with Crippen LogP contribution in [0.3, 0.4) is 0 Å². The second kappa shape index (κ2) is 8.35. The summed E-state index contributed by atoms with van der Waals surface area (Å²) in [6, 6.07) is 12.7. The molecule has 3 heterocycles. The van der Waals surface area contributed by atoms with E-state index in [-0.39, 0.29) is 11.4 Å². The number of nitrogens with zero attached hydrogens (tertiary/aromatic N) is 3. The Morgan fingerprint density at radius 3 is 2.41 bits per heavy atom. The van der Waals surface area contributed by atoms with Crippen molar-refractivity contribution >= 4 is 50.3 Å². The van der Waals surface area contributed by atoms with E-state index in [4.69, 9.17) is 9.15 Å². The topological polar surface area (TPSA) is 107 Å². The van der Waals surface area contributed by atoms with E-state index in [1.807, 2.05) is 38.1 Å². The molecule has 1 amide bonds. The minimum Gasteiger partial charge on any atom is -0.465 e. The summed E-state index contributed by atoms with van der Waals surface area (Å²) in [6.07, 6.45) is 0. The fourth-order valence-corrected chi connectivity index (χ4v) is 4.72. The van der Waals surface area contributed by atoms with Gasteiger partial charge >= 0.3 is 5.97 Å². The van der Waals surface area contributed by atoms with Gasteiger partial charge in [-0.15, -0.1) is 11.3 Å². The van der Waals surface area contributed by atoms with Gasteiger partial charge < -0.3 is 9.15 Å². The molecule has 0 spiro atoms. The lowest BCUT2D eigenvalue weighted by molar-refractivity contribution is 0.0599. The predicted molar refractivity (Wildman–Crippen MR) is 130 cm³/mol. The number of esters is 1. The maximum Gasteiger partial charge on any atom is 0.342 e. The Balaban J connectivity index is 1.58. The summed E-state index contributed by atoms with van der Waals surface area (Å²) in [4.78, 5) is 39.5. The summed E-state index contributed by atoms with van der Waals surface area (Å²) in [5.41, 5.74) is 4.75. The molecule has 5 rings (SSSR count). The zero-order chi connectivity index (χ0) is 24.0. The fraction of sp³-hybridized carbons (Fsp3) is 0.160. The monoisotopic (exact) mass is 472 g/mol. The van der Waals surface area contributed by atoms with Gasteiger partial charge in [-0.05, 0) is 51.1 Å². The molecule has 0 aliphatic heterocycles. The summed E-state index contributed by atoms with van der Waals surface area (Å²) in [7, 11) is 1.30. The SMILES string of the molecule is COC(=O)c1c(C)oc(NC(=O)c2ccc3nc(C)c(C)nc3c2)c1-c1nc2ccccc2s1. The highest BCUT2D eigenvalue weighted by Crippen LogP contribution is 2.40. The molecule has 3 aromatic heterocycles. The molecule has 34 heavy (non-hydrogen) atoms. The molecule has 0 aliphatic carbocycles. The molecule has 170 valence electrons. The highest BCUT2D eigenvalue weighted by molar-refractivity contribution is 7.21. The van der Waals surface area contributed by atoms with Crippen LogP contribution in [-0.2, 0) is 4.74 Å². The Morgan fingerprint density at radius 1 is 0.941 bits per heavy atom. The van der Waals surface area contributed by atoms with E-state index in [0.717, 1.165) is 21.6 Å². The third kappa shape index (κ3) is 3.69. The average Bonchev–Trinajstić information content (AvgIpc) is 3.39. The lowest BCUT2D eigenvalue weighted by Gasteiger charge is -2.07. The number of carbonyl (C=O) groups excluding carboxylic acids is 2. The van der Waals surface area contributed by atoms with Crippen LogP contribution < -0.4 is 5.32 Å². The first-order chi connectivity index (χ1) is 16.4. The van der Waals surface area contributed by atoms with E-state index in [1.165, 1.54) is 18.4 Å². The van der Waals surface area contributed by atoms with E-state index in [0.29, 0.717) is 32.9 Å². The number of methoxy groups -OCH3 is 1. The van der Waals surface area contributed by atoms with Gasteiger partial charge in [0.05, 0.1) is 45.3 Å². The summed E-state index contributed by atoms with van der Waals surface area (Å²) in [5.74, 6) is -0.516. The van der Waals surface area contributed by atoms with Crippen molar-refractivity contribution < 1.29 is 18.7 Å². The van der Waals surface area contributed by atoms with E-state index in [9.17, 15) is 9.59 Å². The summed E-state index contributed by atoms with van der Waals surface area (Å²) in [5, 5.41) is 3.35. The van der Waals surface area contributed by atoms with E-state index >= 15 is 0 Å². The Bertz CT molecular complexity index is 1570. The standard InChI is InChI=1S/C25H20N4O4S/c1-12-13(2)27-18-11-15(9-10-16(18)26-12)22(30)29-23-21(20(14(3)33-23)25(31)32-4)24-28-17-7-5-6-8-19(17)34-24/h5-11H,1-4H3,(H,29,30). The van der Waals surface area contributed by atoms with Crippen LogP contribution in [0.5, 0.6) is 0 Å². The highest BCUT2D eigenvalue weighted by Gasteiger charge is 2.29. The molecule has 0 bridgehead atoms. The number of para-hydroxylation sites is 1. The van der Waals surface area contributed by atoms with Crippen molar-refractivity contribution in [2.24, 2.45) is 0 Å². The van der Waals surface area contributed by atoms with Gasteiger partial charge in [-0.2, -0.15) is 0 Å². The number of hydrogen-bond donors (Lipinski definition) is 1. The number of thiazole rings is 1. The van der Waals surface area contributed by atoms with E-state index < -0.39 is 11.9 Å². The Kier molecular flexibility index (Phi) is 5.33. The van der Waals surface area contributed by atoms with Gasteiger partial charge in [0.2, 0.25) is 5.88 Å². The zero-order valence-corrected chi connectivity index (χ0v) is 19.7. The predicted octanol–water partition coefficient (Wildman–Crippen LogP) is 5.46. The summed E-state index contributed by atoms with van der Waals surface area (Å²) in [6.45, 7) is 5.41. The Labute approximate surface area is 198 Å². The molecule has 0 saturated carbocycles. The number of amides is 1. The maximum atomic E-state index is 13.2. The minimum absolute atomic E-state index is 0.133. The number of carbonyl (C=O) groups is 2. The number of furan rings is 1. The van der Waals surface area contributed by atoms with Crippen molar-refractivity contribution in [3.8, 4) is 10.6 Å². The average molecular weight is 473 g/mol. The van der Waals surface area contributed by atoms with Crippen molar-refractivity contribution in [1.29, 1.82) is 0 Å². The Morgan fingerprint density at radius 2 is 1.68 bits per heavy atom. The zero-order valence-electron chi connectivity index (χ0n) is 18.9. The minimum atomic E-state index is -0.567. The molecule has 2 aromatic carbocycles. The normalized spacial score (nSPS) is 11.2. The van der Waals surface area contributed by atoms with Gasteiger partial charge in [-0.25, -0.2) is 19.7 Å². The number of hydrogen-bond acceptors (Lipinski definition) is 8. The molecule has 0 radical (unpaired) electrons. The first-order valence-electron chi connectivity index (χ1n) is 10.5. The lowest BCUT2D eigenvalue weighted by Crippen LogP contribution is -2.12. The first-order valence-corrected chi connectivity index (χ1v) is 11.3. The van der Waals surface area contributed by atoms with Crippen LogP contribution in [0, 0.1) is 20.8 Å². The van der Waals surface area contributed by atoms with Gasteiger partial charge in [0, 0.05) is 5.56 Å².